The molecule has 1 unspecified atom stereocenters. The van der Waals surface area contributed by atoms with Crippen molar-refractivity contribution in [1.82, 2.24) is 0 Å². The third-order valence-electron chi connectivity index (χ3n) is 3.36. The van der Waals surface area contributed by atoms with Gasteiger partial charge in [0.1, 0.15) is 0 Å². The van der Waals surface area contributed by atoms with Gasteiger partial charge in [0, 0.05) is 0 Å². The van der Waals surface area contributed by atoms with Crippen LogP contribution < -0.4 is 0 Å². The fourth-order valence-electron chi connectivity index (χ4n) is 2.20. The lowest BCUT2D eigenvalue weighted by atomic mass is 10.1. The lowest BCUT2D eigenvalue weighted by Crippen LogP contribution is -1.93. The van der Waals surface area contributed by atoms with E-state index in [4.69, 9.17) is 5.11 Å². The summed E-state index contributed by atoms with van der Waals surface area (Å²) in [6, 6.07) is 0. The molecule has 1 N–H and O–H groups in total. The molecule has 1 atom stereocenters. The highest BCUT2D eigenvalue weighted by molar-refractivity contribution is 7.99. The molecule has 0 aromatic rings. The first-order valence-corrected chi connectivity index (χ1v) is 9.12. The van der Waals surface area contributed by atoms with Crippen LogP contribution in [0, 0.1) is 0 Å². The number of rotatable bonds is 14. The van der Waals surface area contributed by atoms with Gasteiger partial charge in [-0.3, -0.25) is 0 Å². The van der Waals surface area contributed by atoms with E-state index in [1.807, 2.05) is 6.92 Å². The predicted octanol–water partition coefficient (Wildman–Crippen LogP) is 5.76. The normalized spacial score (nSPS) is 12.8. The molecule has 0 saturated heterocycles. The molecule has 0 aromatic heterocycles. The van der Waals surface area contributed by atoms with Gasteiger partial charge >= 0.3 is 0 Å². The molecular weight excluding hydrogens is 240 g/mol. The Kier molecular flexibility index (Phi) is 15.6. The number of aliphatic hydroxyl groups excluding tert-OH is 1. The fraction of sp³-hybridized carbons (Fsp3) is 1.00. The molecule has 0 aromatic carbocycles. The molecule has 0 aliphatic heterocycles. The summed E-state index contributed by atoms with van der Waals surface area (Å²) in [5.74, 6) is 1.12. The van der Waals surface area contributed by atoms with Gasteiger partial charge in [-0.1, -0.05) is 77.6 Å². The zero-order valence-corrected chi connectivity index (χ0v) is 13.4. The summed E-state index contributed by atoms with van der Waals surface area (Å²) in [5.41, 5.74) is -0.183. The average Bonchev–Trinajstić information content (AvgIpc) is 2.34. The minimum Gasteiger partial charge on any atom is -0.383 e. The average molecular weight is 275 g/mol. The highest BCUT2D eigenvalue weighted by Crippen LogP contribution is 2.14. The lowest BCUT2D eigenvalue weighted by molar-refractivity contribution is 0.284. The molecular formula is C16H34OS. The third kappa shape index (κ3) is 16.3. The van der Waals surface area contributed by atoms with Gasteiger partial charge in [0.15, 0.2) is 0 Å². The third-order valence-corrected chi connectivity index (χ3v) is 4.36. The highest BCUT2D eigenvalue weighted by Gasteiger charge is 1.96. The van der Waals surface area contributed by atoms with E-state index in [-0.39, 0.29) is 5.44 Å². The van der Waals surface area contributed by atoms with Crippen LogP contribution in [0.5, 0.6) is 0 Å². The molecule has 0 saturated carbocycles. The predicted molar refractivity (Wildman–Crippen MR) is 85.2 cm³/mol. The van der Waals surface area contributed by atoms with Gasteiger partial charge in [0.25, 0.3) is 0 Å². The second-order valence-corrected chi connectivity index (χ2v) is 6.78. The van der Waals surface area contributed by atoms with E-state index in [1.54, 1.807) is 11.8 Å². The zero-order valence-electron chi connectivity index (χ0n) is 12.6. The van der Waals surface area contributed by atoms with Gasteiger partial charge in [-0.15, -0.1) is 11.8 Å². The topological polar surface area (TPSA) is 20.2 Å². The quantitative estimate of drug-likeness (QED) is 0.321. The minimum absolute atomic E-state index is 0.183. The van der Waals surface area contributed by atoms with E-state index in [9.17, 15) is 0 Å². The summed E-state index contributed by atoms with van der Waals surface area (Å²) in [6.45, 7) is 4.13. The SMILES string of the molecule is CCCCCCCCCCCCCCSC(C)O. The maximum absolute atomic E-state index is 9.09. The van der Waals surface area contributed by atoms with Crippen molar-refractivity contribution in [2.75, 3.05) is 5.75 Å². The van der Waals surface area contributed by atoms with Crippen molar-refractivity contribution in [2.24, 2.45) is 0 Å². The van der Waals surface area contributed by atoms with Gasteiger partial charge in [0.2, 0.25) is 0 Å². The van der Waals surface area contributed by atoms with Crippen LogP contribution in [0.4, 0.5) is 0 Å². The van der Waals surface area contributed by atoms with Crippen molar-refractivity contribution in [2.45, 2.75) is 96.3 Å². The van der Waals surface area contributed by atoms with Gasteiger partial charge in [-0.25, -0.2) is 0 Å². The van der Waals surface area contributed by atoms with E-state index in [0.29, 0.717) is 0 Å². The number of hydrogen-bond acceptors (Lipinski definition) is 2. The highest BCUT2D eigenvalue weighted by atomic mass is 32.2. The van der Waals surface area contributed by atoms with Crippen LogP contribution >= 0.6 is 11.8 Å². The van der Waals surface area contributed by atoms with Crippen LogP contribution in [-0.2, 0) is 0 Å². The molecule has 0 heterocycles. The lowest BCUT2D eigenvalue weighted by Gasteiger charge is -2.04. The molecule has 0 radical (unpaired) electrons. The molecule has 0 amide bonds. The van der Waals surface area contributed by atoms with Crippen molar-refractivity contribution in [3.05, 3.63) is 0 Å². The first-order valence-electron chi connectivity index (χ1n) is 8.07. The minimum atomic E-state index is -0.183. The number of thioether (sulfide) groups is 1. The maximum atomic E-state index is 9.09. The molecule has 1 nitrogen and oxygen atoms in total. The van der Waals surface area contributed by atoms with E-state index in [0.717, 1.165) is 5.75 Å². The van der Waals surface area contributed by atoms with Crippen LogP contribution in [-0.4, -0.2) is 16.3 Å². The van der Waals surface area contributed by atoms with Gasteiger partial charge in [0.05, 0.1) is 5.44 Å². The van der Waals surface area contributed by atoms with Gasteiger partial charge in [-0.05, 0) is 19.1 Å². The van der Waals surface area contributed by atoms with E-state index >= 15 is 0 Å². The van der Waals surface area contributed by atoms with Crippen molar-refractivity contribution in [1.29, 1.82) is 0 Å². The van der Waals surface area contributed by atoms with Crippen LogP contribution in [0.25, 0.3) is 0 Å². The zero-order chi connectivity index (χ0) is 13.5. The van der Waals surface area contributed by atoms with E-state index in [2.05, 4.69) is 6.92 Å². The first-order chi connectivity index (χ1) is 8.77. The maximum Gasteiger partial charge on any atom is 0.0964 e. The van der Waals surface area contributed by atoms with Crippen molar-refractivity contribution >= 4 is 11.8 Å². The van der Waals surface area contributed by atoms with Crippen LogP contribution in [0.1, 0.15) is 90.9 Å². The number of hydrogen-bond donors (Lipinski definition) is 1. The molecule has 2 heteroatoms. The second-order valence-electron chi connectivity index (χ2n) is 5.36. The summed E-state index contributed by atoms with van der Waals surface area (Å²) < 4.78 is 0. The van der Waals surface area contributed by atoms with Crippen molar-refractivity contribution in [3.63, 3.8) is 0 Å². The summed E-state index contributed by atoms with van der Waals surface area (Å²) in [4.78, 5) is 0. The van der Waals surface area contributed by atoms with E-state index < -0.39 is 0 Å². The standard InChI is InChI=1S/C16H34OS/c1-3-4-5-6-7-8-9-10-11-12-13-14-15-18-16(2)17/h16-17H,3-15H2,1-2H3. The van der Waals surface area contributed by atoms with Gasteiger partial charge in [-0.2, -0.15) is 0 Å². The number of unbranched alkanes of at least 4 members (excludes halogenated alkanes) is 11. The molecule has 0 fully saturated rings. The van der Waals surface area contributed by atoms with Crippen molar-refractivity contribution in [3.8, 4) is 0 Å². The summed E-state index contributed by atoms with van der Waals surface area (Å²) >= 11 is 1.67. The molecule has 18 heavy (non-hydrogen) atoms. The molecule has 0 rings (SSSR count). The smallest absolute Gasteiger partial charge is 0.0964 e. The second kappa shape index (κ2) is 15.4. The monoisotopic (exact) mass is 274 g/mol. The fourth-order valence-corrected chi connectivity index (χ4v) is 2.91. The van der Waals surface area contributed by atoms with Crippen LogP contribution in [0.3, 0.4) is 0 Å². The Morgan fingerprint density at radius 3 is 1.50 bits per heavy atom. The molecule has 110 valence electrons. The molecule has 0 aliphatic rings. The molecule has 0 spiro atoms. The number of aliphatic hydroxyl groups is 1. The van der Waals surface area contributed by atoms with Crippen LogP contribution in [0.15, 0.2) is 0 Å². The Morgan fingerprint density at radius 2 is 1.11 bits per heavy atom. The summed E-state index contributed by atoms with van der Waals surface area (Å²) in [7, 11) is 0. The van der Waals surface area contributed by atoms with Crippen molar-refractivity contribution < 1.29 is 5.11 Å². The van der Waals surface area contributed by atoms with E-state index in [1.165, 1.54) is 77.0 Å². The Morgan fingerprint density at radius 1 is 0.722 bits per heavy atom. The Hall–Kier alpha value is 0.310. The first kappa shape index (κ1) is 18.3. The van der Waals surface area contributed by atoms with Gasteiger partial charge < -0.3 is 5.11 Å². The summed E-state index contributed by atoms with van der Waals surface area (Å²) in [6.07, 6.45) is 16.8. The molecule has 0 aliphatic carbocycles. The van der Waals surface area contributed by atoms with Crippen LogP contribution in [0.2, 0.25) is 0 Å². The summed E-state index contributed by atoms with van der Waals surface area (Å²) in [5, 5.41) is 9.09. The Bertz CT molecular complexity index is 148. The Balaban J connectivity index is 2.90. The Labute approximate surface area is 119 Å². The largest absolute Gasteiger partial charge is 0.383 e. The molecule has 0 bridgehead atoms.